The van der Waals surface area contributed by atoms with Crippen molar-refractivity contribution < 1.29 is 14.6 Å². The smallest absolute Gasteiger partial charge is 0.170 e. The van der Waals surface area contributed by atoms with Crippen molar-refractivity contribution in [2.24, 2.45) is 0 Å². The van der Waals surface area contributed by atoms with Gasteiger partial charge in [0.25, 0.3) is 0 Å². The number of carbonyl (C=O) groups is 1. The first-order valence-corrected chi connectivity index (χ1v) is 6.92. The molecule has 1 aliphatic rings. The summed E-state index contributed by atoms with van der Waals surface area (Å²) in [4.78, 5) is 11.4. The Morgan fingerprint density at radius 1 is 1.16 bits per heavy atom. The summed E-state index contributed by atoms with van der Waals surface area (Å²) in [5.41, 5.74) is 3.70. The molecule has 1 aliphatic heterocycles. The Kier molecular flexibility index (Phi) is 4.98. The Bertz CT molecular complexity index is 490. The second-order valence-corrected chi connectivity index (χ2v) is 4.79. The van der Waals surface area contributed by atoms with Gasteiger partial charge in [0.15, 0.2) is 11.9 Å². The summed E-state index contributed by atoms with van der Waals surface area (Å²) < 4.78 is 5.78. The van der Waals surface area contributed by atoms with E-state index in [2.05, 4.69) is 0 Å². The number of aromatic hydroxyl groups is 1. The van der Waals surface area contributed by atoms with Gasteiger partial charge in [0.2, 0.25) is 0 Å². The number of fused-ring (bicyclic) bond motifs is 1. The minimum absolute atomic E-state index is 0.0680. The van der Waals surface area contributed by atoms with E-state index < -0.39 is 0 Å². The Labute approximate surface area is 115 Å². The zero-order valence-corrected chi connectivity index (χ0v) is 12.8. The molecule has 19 heavy (non-hydrogen) atoms. The van der Waals surface area contributed by atoms with Gasteiger partial charge in [-0.05, 0) is 57.2 Å². The SMILES string of the molecule is CC.CC(=O)[C@H]1CCc2c(C)c(O)c(C)c(C)c2O1. The van der Waals surface area contributed by atoms with Crippen molar-refractivity contribution in [1.29, 1.82) is 0 Å². The maximum Gasteiger partial charge on any atom is 0.170 e. The predicted molar refractivity (Wildman–Crippen MR) is 77.1 cm³/mol. The van der Waals surface area contributed by atoms with E-state index in [-0.39, 0.29) is 11.9 Å². The van der Waals surface area contributed by atoms with E-state index in [0.29, 0.717) is 12.2 Å². The van der Waals surface area contributed by atoms with E-state index >= 15 is 0 Å². The van der Waals surface area contributed by atoms with Crippen molar-refractivity contribution in [2.75, 3.05) is 0 Å². The van der Waals surface area contributed by atoms with E-state index in [4.69, 9.17) is 4.74 Å². The van der Waals surface area contributed by atoms with E-state index in [9.17, 15) is 9.90 Å². The number of ketones is 1. The normalized spacial score (nSPS) is 16.8. The van der Waals surface area contributed by atoms with Crippen molar-refractivity contribution in [3.05, 3.63) is 22.3 Å². The van der Waals surface area contributed by atoms with Crippen LogP contribution >= 0.6 is 0 Å². The van der Waals surface area contributed by atoms with E-state index in [1.54, 1.807) is 6.92 Å². The minimum Gasteiger partial charge on any atom is -0.507 e. The lowest BCUT2D eigenvalue weighted by molar-refractivity contribution is -0.124. The van der Waals surface area contributed by atoms with Crippen LogP contribution in [0.15, 0.2) is 0 Å². The third-order valence-corrected chi connectivity index (χ3v) is 3.71. The van der Waals surface area contributed by atoms with E-state index in [0.717, 1.165) is 34.4 Å². The predicted octanol–water partition coefficient (Wildman–Crippen LogP) is 3.63. The highest BCUT2D eigenvalue weighted by atomic mass is 16.5. The first-order chi connectivity index (χ1) is 8.93. The lowest BCUT2D eigenvalue weighted by Gasteiger charge is -2.28. The lowest BCUT2D eigenvalue weighted by atomic mass is 9.91. The zero-order chi connectivity index (χ0) is 14.7. The number of hydrogen-bond donors (Lipinski definition) is 1. The van der Waals surface area contributed by atoms with Gasteiger partial charge in [-0.25, -0.2) is 0 Å². The third-order valence-electron chi connectivity index (χ3n) is 3.71. The minimum atomic E-state index is -0.329. The van der Waals surface area contributed by atoms with Crippen molar-refractivity contribution in [2.45, 2.75) is 60.5 Å². The van der Waals surface area contributed by atoms with Gasteiger partial charge in [-0.15, -0.1) is 0 Å². The molecule has 0 spiro atoms. The summed E-state index contributed by atoms with van der Waals surface area (Å²) in [5.74, 6) is 1.22. The lowest BCUT2D eigenvalue weighted by Crippen LogP contribution is -2.30. The second-order valence-electron chi connectivity index (χ2n) is 4.79. The van der Waals surface area contributed by atoms with E-state index in [1.807, 2.05) is 34.6 Å². The molecule has 0 saturated carbocycles. The van der Waals surface area contributed by atoms with Crippen LogP contribution in [0, 0.1) is 20.8 Å². The molecule has 0 amide bonds. The van der Waals surface area contributed by atoms with Crippen LogP contribution in [0.25, 0.3) is 0 Å². The van der Waals surface area contributed by atoms with Gasteiger partial charge in [0, 0.05) is 5.56 Å². The van der Waals surface area contributed by atoms with Crippen molar-refractivity contribution in [1.82, 2.24) is 0 Å². The number of hydrogen-bond acceptors (Lipinski definition) is 3. The number of rotatable bonds is 1. The van der Waals surface area contributed by atoms with Crippen LogP contribution in [-0.4, -0.2) is 17.0 Å². The first-order valence-electron chi connectivity index (χ1n) is 6.92. The molecule has 1 atom stereocenters. The van der Waals surface area contributed by atoms with Crippen LogP contribution in [0.2, 0.25) is 0 Å². The fraction of sp³-hybridized carbons (Fsp3) is 0.562. The molecule has 106 valence electrons. The first kappa shape index (κ1) is 15.5. The third kappa shape index (κ3) is 2.75. The number of benzene rings is 1. The fourth-order valence-electron chi connectivity index (χ4n) is 2.39. The molecule has 0 aromatic heterocycles. The van der Waals surface area contributed by atoms with Crippen LogP contribution in [0.5, 0.6) is 11.5 Å². The maximum absolute atomic E-state index is 11.4. The molecule has 0 unspecified atom stereocenters. The summed E-state index contributed by atoms with van der Waals surface area (Å²) in [6.07, 6.45) is 1.16. The monoisotopic (exact) mass is 264 g/mol. The van der Waals surface area contributed by atoms with Crippen molar-refractivity contribution in [3.8, 4) is 11.5 Å². The molecule has 3 nitrogen and oxygen atoms in total. The Balaban J connectivity index is 0.000000861. The molecule has 1 aromatic carbocycles. The van der Waals surface area contributed by atoms with Crippen molar-refractivity contribution in [3.63, 3.8) is 0 Å². The quantitative estimate of drug-likeness (QED) is 0.842. The Morgan fingerprint density at radius 3 is 2.26 bits per heavy atom. The summed E-state index contributed by atoms with van der Waals surface area (Å²) in [5, 5.41) is 10.00. The highest BCUT2D eigenvalue weighted by Gasteiger charge is 2.28. The average Bonchev–Trinajstić information content (AvgIpc) is 2.44. The molecule has 1 N–H and O–H groups in total. The molecular weight excluding hydrogens is 240 g/mol. The standard InChI is InChI=1S/C14H18O3.C2H6/c1-7-8(2)14-11(9(3)13(7)16)5-6-12(17-14)10(4)15;1-2/h12,16H,5-6H2,1-4H3;1-2H3/t12-;/m1./s1. The Hall–Kier alpha value is -1.51. The van der Waals surface area contributed by atoms with Gasteiger partial charge in [-0.1, -0.05) is 13.8 Å². The van der Waals surface area contributed by atoms with Gasteiger partial charge in [-0.3, -0.25) is 4.79 Å². The van der Waals surface area contributed by atoms with Gasteiger partial charge < -0.3 is 9.84 Å². The molecule has 0 saturated heterocycles. The second kappa shape index (κ2) is 6.09. The fourth-order valence-corrected chi connectivity index (χ4v) is 2.39. The number of ether oxygens (including phenoxy) is 1. The molecule has 1 aromatic rings. The summed E-state index contributed by atoms with van der Waals surface area (Å²) in [6.45, 7) is 11.3. The summed E-state index contributed by atoms with van der Waals surface area (Å²) >= 11 is 0. The molecule has 0 bridgehead atoms. The Morgan fingerprint density at radius 2 is 1.74 bits per heavy atom. The summed E-state index contributed by atoms with van der Waals surface area (Å²) in [6, 6.07) is 0. The molecule has 0 aliphatic carbocycles. The topological polar surface area (TPSA) is 46.5 Å². The van der Waals surface area contributed by atoms with E-state index in [1.165, 1.54) is 0 Å². The van der Waals surface area contributed by atoms with Crippen molar-refractivity contribution >= 4 is 5.78 Å². The molecular formula is C16H24O3. The average molecular weight is 264 g/mol. The molecule has 1 heterocycles. The van der Waals surface area contributed by atoms with Gasteiger partial charge in [0.1, 0.15) is 11.5 Å². The van der Waals surface area contributed by atoms with Crippen LogP contribution in [0.4, 0.5) is 0 Å². The van der Waals surface area contributed by atoms with Gasteiger partial charge >= 0.3 is 0 Å². The van der Waals surface area contributed by atoms with Crippen LogP contribution in [-0.2, 0) is 11.2 Å². The van der Waals surface area contributed by atoms with Gasteiger partial charge in [0.05, 0.1) is 0 Å². The molecule has 2 rings (SSSR count). The summed E-state index contributed by atoms with van der Waals surface area (Å²) in [7, 11) is 0. The number of Topliss-reactive ketones (excluding diaryl/α,β-unsaturated/α-hetero) is 1. The highest BCUT2D eigenvalue weighted by molar-refractivity contribution is 5.81. The van der Waals surface area contributed by atoms with Crippen LogP contribution in [0.3, 0.4) is 0 Å². The number of phenolic OH excluding ortho intramolecular Hbond substituents is 1. The molecule has 0 fully saturated rings. The molecule has 3 heteroatoms. The number of carbonyl (C=O) groups excluding carboxylic acids is 1. The maximum atomic E-state index is 11.4. The van der Waals surface area contributed by atoms with Crippen LogP contribution < -0.4 is 4.74 Å². The zero-order valence-electron chi connectivity index (χ0n) is 12.8. The number of phenols is 1. The highest BCUT2D eigenvalue weighted by Crippen LogP contribution is 2.40. The van der Waals surface area contributed by atoms with Gasteiger partial charge in [-0.2, -0.15) is 0 Å². The van der Waals surface area contributed by atoms with Crippen LogP contribution in [0.1, 0.15) is 49.4 Å². The largest absolute Gasteiger partial charge is 0.507 e. The molecule has 0 radical (unpaired) electrons.